The van der Waals surface area contributed by atoms with E-state index in [1.165, 1.54) is 0 Å². The van der Waals surface area contributed by atoms with Crippen molar-refractivity contribution < 1.29 is 9.47 Å². The summed E-state index contributed by atoms with van der Waals surface area (Å²) in [6, 6.07) is 0.851. The van der Waals surface area contributed by atoms with E-state index in [2.05, 4.69) is 57.8 Å². The van der Waals surface area contributed by atoms with E-state index in [0.717, 1.165) is 32.7 Å². The lowest BCUT2D eigenvalue weighted by Crippen LogP contribution is -2.56. The van der Waals surface area contributed by atoms with E-state index in [0.29, 0.717) is 22.6 Å². The van der Waals surface area contributed by atoms with Crippen LogP contribution in [0.25, 0.3) is 0 Å². The van der Waals surface area contributed by atoms with Gasteiger partial charge in [-0.1, -0.05) is 0 Å². The smallest absolute Gasteiger partial charge is 0.0727 e. The molecule has 0 aromatic rings. The third kappa shape index (κ3) is 6.58. The molecule has 4 nitrogen and oxygen atoms in total. The average molecular weight is 391 g/mol. The predicted molar refractivity (Wildman–Crippen MR) is 112 cm³/mol. The second kappa shape index (κ2) is 9.16. The fourth-order valence-electron chi connectivity index (χ4n) is 4.05. The van der Waals surface area contributed by atoms with Crippen LogP contribution in [0.3, 0.4) is 0 Å². The van der Waals surface area contributed by atoms with Crippen LogP contribution in [0.4, 0.5) is 0 Å². The lowest BCUT2D eigenvalue weighted by molar-refractivity contribution is 0.0477. The molecular weight excluding hydrogens is 352 g/mol. The van der Waals surface area contributed by atoms with Crippen LogP contribution >= 0.6 is 23.5 Å². The maximum absolute atomic E-state index is 6.23. The van der Waals surface area contributed by atoms with Crippen LogP contribution in [0.5, 0.6) is 0 Å². The molecule has 25 heavy (non-hydrogen) atoms. The Kier molecular flexibility index (Phi) is 8.00. The Labute approximate surface area is 163 Å². The molecule has 5 atom stereocenters. The number of thioether (sulfide) groups is 2. The largest absolute Gasteiger partial charge is 0.380 e. The standard InChI is InChI=1S/C19H38N2O2S2/c1-18(2,3)20-14-12-23-15(17(14)25-7)10-19(4,5)21-13-11-22-9-8-16(13)24-6/h13-17,20-21H,8-12H2,1-7H3. The number of nitrogens with one attached hydrogen (secondary N) is 2. The summed E-state index contributed by atoms with van der Waals surface area (Å²) < 4.78 is 12.0. The third-order valence-electron chi connectivity index (χ3n) is 5.03. The zero-order valence-electron chi connectivity index (χ0n) is 17.1. The van der Waals surface area contributed by atoms with Gasteiger partial charge in [-0.05, 0) is 60.0 Å². The van der Waals surface area contributed by atoms with Crippen LogP contribution in [0.2, 0.25) is 0 Å². The zero-order chi connectivity index (χ0) is 18.7. The monoisotopic (exact) mass is 390 g/mol. The van der Waals surface area contributed by atoms with Crippen molar-refractivity contribution in [3.63, 3.8) is 0 Å². The quantitative estimate of drug-likeness (QED) is 0.696. The van der Waals surface area contributed by atoms with E-state index < -0.39 is 0 Å². The van der Waals surface area contributed by atoms with Crippen LogP contribution in [0.15, 0.2) is 0 Å². The van der Waals surface area contributed by atoms with Gasteiger partial charge in [0.25, 0.3) is 0 Å². The van der Waals surface area contributed by atoms with Crippen LogP contribution in [-0.4, -0.2) is 72.1 Å². The first-order valence-corrected chi connectivity index (χ1v) is 12.0. The van der Waals surface area contributed by atoms with Gasteiger partial charge in [-0.15, -0.1) is 0 Å². The van der Waals surface area contributed by atoms with Crippen molar-refractivity contribution in [2.45, 2.75) is 87.2 Å². The number of hydrogen-bond donors (Lipinski definition) is 2. The molecule has 2 aliphatic rings. The summed E-state index contributed by atoms with van der Waals surface area (Å²) in [5.74, 6) is 0. The Bertz CT molecular complexity index is 415. The average Bonchev–Trinajstić information content (AvgIpc) is 2.86. The van der Waals surface area contributed by atoms with Crippen molar-refractivity contribution in [2.24, 2.45) is 0 Å². The fraction of sp³-hybridized carbons (Fsp3) is 1.00. The normalized spacial score (nSPS) is 34.4. The van der Waals surface area contributed by atoms with Gasteiger partial charge in [-0.2, -0.15) is 23.5 Å². The molecule has 2 saturated heterocycles. The Morgan fingerprint density at radius 1 is 0.960 bits per heavy atom. The molecule has 2 rings (SSSR count). The molecule has 0 radical (unpaired) electrons. The molecule has 148 valence electrons. The van der Waals surface area contributed by atoms with Crippen molar-refractivity contribution in [3.8, 4) is 0 Å². The van der Waals surface area contributed by atoms with E-state index in [-0.39, 0.29) is 17.2 Å². The minimum absolute atomic E-state index is 0.0363. The molecule has 2 fully saturated rings. The summed E-state index contributed by atoms with van der Waals surface area (Å²) in [7, 11) is 0. The minimum atomic E-state index is 0.0363. The molecule has 2 N–H and O–H groups in total. The van der Waals surface area contributed by atoms with Gasteiger partial charge in [-0.3, -0.25) is 0 Å². The van der Waals surface area contributed by atoms with Crippen LogP contribution in [0, 0.1) is 0 Å². The summed E-state index contributed by atoms with van der Waals surface area (Å²) in [6.07, 6.45) is 6.88. The lowest BCUT2D eigenvalue weighted by Gasteiger charge is -2.39. The summed E-state index contributed by atoms with van der Waals surface area (Å²) in [5.41, 5.74) is 0.157. The molecule has 0 aromatic heterocycles. The second-order valence-corrected chi connectivity index (χ2v) is 11.1. The summed E-state index contributed by atoms with van der Waals surface area (Å²) in [6.45, 7) is 13.8. The van der Waals surface area contributed by atoms with Crippen LogP contribution in [-0.2, 0) is 9.47 Å². The van der Waals surface area contributed by atoms with Gasteiger partial charge >= 0.3 is 0 Å². The van der Waals surface area contributed by atoms with E-state index in [1.54, 1.807) is 0 Å². The maximum Gasteiger partial charge on any atom is 0.0727 e. The highest BCUT2D eigenvalue weighted by Gasteiger charge is 2.41. The molecule has 0 saturated carbocycles. The maximum atomic E-state index is 6.23. The fourth-order valence-corrected chi connectivity index (χ4v) is 5.81. The van der Waals surface area contributed by atoms with E-state index in [1.807, 2.05) is 23.5 Å². The minimum Gasteiger partial charge on any atom is -0.380 e. The lowest BCUT2D eigenvalue weighted by atomic mass is 9.92. The Morgan fingerprint density at radius 2 is 1.68 bits per heavy atom. The summed E-state index contributed by atoms with van der Waals surface area (Å²) in [4.78, 5) is 0. The van der Waals surface area contributed by atoms with Crippen molar-refractivity contribution in [1.82, 2.24) is 10.6 Å². The van der Waals surface area contributed by atoms with Crippen LogP contribution < -0.4 is 10.6 Å². The highest BCUT2D eigenvalue weighted by Crippen LogP contribution is 2.32. The Hall–Kier alpha value is 0.540. The number of hydrogen-bond acceptors (Lipinski definition) is 6. The van der Waals surface area contributed by atoms with Gasteiger partial charge < -0.3 is 20.1 Å². The van der Waals surface area contributed by atoms with Crippen molar-refractivity contribution >= 4 is 23.5 Å². The molecule has 0 amide bonds. The van der Waals surface area contributed by atoms with E-state index in [4.69, 9.17) is 9.47 Å². The topological polar surface area (TPSA) is 42.5 Å². The van der Waals surface area contributed by atoms with Crippen LogP contribution in [0.1, 0.15) is 47.5 Å². The molecular formula is C19H38N2O2S2. The molecule has 6 heteroatoms. The number of rotatable bonds is 7. The van der Waals surface area contributed by atoms with Gasteiger partial charge in [0.05, 0.1) is 19.3 Å². The summed E-state index contributed by atoms with van der Waals surface area (Å²) >= 11 is 3.90. The van der Waals surface area contributed by atoms with Crippen molar-refractivity contribution in [2.75, 3.05) is 32.3 Å². The first kappa shape index (κ1) is 21.8. The van der Waals surface area contributed by atoms with Gasteiger partial charge in [0, 0.05) is 40.3 Å². The SMILES string of the molecule is CSC1CCOCC1NC(C)(C)CC1OCC(NC(C)(C)C)C1SC. The highest BCUT2D eigenvalue weighted by atomic mass is 32.2. The van der Waals surface area contributed by atoms with Gasteiger partial charge in [0.15, 0.2) is 0 Å². The zero-order valence-corrected chi connectivity index (χ0v) is 18.7. The van der Waals surface area contributed by atoms with Crippen molar-refractivity contribution in [3.05, 3.63) is 0 Å². The van der Waals surface area contributed by atoms with Gasteiger partial charge in [0.1, 0.15) is 0 Å². The first-order valence-electron chi connectivity index (χ1n) is 9.45. The van der Waals surface area contributed by atoms with Gasteiger partial charge in [0.2, 0.25) is 0 Å². The second-order valence-electron chi connectivity index (χ2n) is 9.05. The third-order valence-corrected chi connectivity index (χ3v) is 7.37. The first-order chi connectivity index (χ1) is 11.6. The molecule has 0 spiro atoms. The van der Waals surface area contributed by atoms with Gasteiger partial charge in [-0.25, -0.2) is 0 Å². The molecule has 0 aromatic carbocycles. The molecule has 0 bridgehead atoms. The highest BCUT2D eigenvalue weighted by molar-refractivity contribution is 7.99. The summed E-state index contributed by atoms with van der Waals surface area (Å²) in [5, 5.41) is 8.76. The predicted octanol–water partition coefficient (Wildman–Crippen LogP) is 3.15. The molecule has 5 unspecified atom stereocenters. The Balaban J connectivity index is 1.94. The molecule has 0 aliphatic carbocycles. The molecule has 2 aliphatic heterocycles. The number of ether oxygens (including phenoxy) is 2. The Morgan fingerprint density at radius 3 is 2.28 bits per heavy atom. The van der Waals surface area contributed by atoms with Crippen molar-refractivity contribution in [1.29, 1.82) is 0 Å². The van der Waals surface area contributed by atoms with E-state index in [9.17, 15) is 0 Å². The van der Waals surface area contributed by atoms with E-state index >= 15 is 0 Å². The molecule has 2 heterocycles.